The van der Waals surface area contributed by atoms with E-state index in [0.29, 0.717) is 12.1 Å². The van der Waals surface area contributed by atoms with Gasteiger partial charge in [-0.25, -0.2) is 0 Å². The summed E-state index contributed by atoms with van der Waals surface area (Å²) in [6.45, 7) is 7.25. The third-order valence-corrected chi connectivity index (χ3v) is 4.01. The predicted octanol–water partition coefficient (Wildman–Crippen LogP) is 2.46. The van der Waals surface area contributed by atoms with Crippen LogP contribution in [0.25, 0.3) is 0 Å². The van der Waals surface area contributed by atoms with Gasteiger partial charge in [0, 0.05) is 32.8 Å². The number of rotatable bonds is 7. The summed E-state index contributed by atoms with van der Waals surface area (Å²) < 4.78 is 11.1. The number of benzene rings is 1. The van der Waals surface area contributed by atoms with Crippen molar-refractivity contribution in [2.45, 2.75) is 38.5 Å². The molecule has 1 N–H and O–H groups in total. The minimum Gasteiger partial charge on any atom is -0.491 e. The minimum absolute atomic E-state index is 0.214. The lowest BCUT2D eigenvalue weighted by Crippen LogP contribution is -2.33. The van der Waals surface area contributed by atoms with E-state index in [1.54, 1.807) is 7.11 Å². The van der Waals surface area contributed by atoms with Gasteiger partial charge in [0.2, 0.25) is 0 Å². The molecule has 1 saturated heterocycles. The largest absolute Gasteiger partial charge is 0.491 e. The second-order valence-corrected chi connectivity index (χ2v) is 5.98. The van der Waals surface area contributed by atoms with E-state index in [9.17, 15) is 0 Å². The summed E-state index contributed by atoms with van der Waals surface area (Å²) in [4.78, 5) is 2.47. The topological polar surface area (TPSA) is 33.7 Å². The molecule has 0 bridgehead atoms. The third-order valence-electron chi connectivity index (χ3n) is 4.01. The smallest absolute Gasteiger partial charge is 0.119 e. The molecule has 1 aromatic rings. The lowest BCUT2D eigenvalue weighted by Gasteiger charge is -2.24. The molecule has 21 heavy (non-hydrogen) atoms. The van der Waals surface area contributed by atoms with Gasteiger partial charge in [0.25, 0.3) is 0 Å². The molecule has 4 nitrogen and oxygen atoms in total. The fourth-order valence-corrected chi connectivity index (χ4v) is 2.83. The second-order valence-electron chi connectivity index (χ2n) is 5.98. The summed E-state index contributed by atoms with van der Waals surface area (Å²) in [6.07, 6.45) is 1.74. The van der Waals surface area contributed by atoms with Crippen molar-refractivity contribution < 1.29 is 9.47 Å². The lowest BCUT2D eigenvalue weighted by atomic mass is 10.1. The highest BCUT2D eigenvalue weighted by Gasteiger charge is 2.24. The Morgan fingerprint density at radius 3 is 2.52 bits per heavy atom. The van der Waals surface area contributed by atoms with E-state index in [1.807, 2.05) is 20.9 Å². The monoisotopic (exact) mass is 292 g/mol. The molecule has 1 aromatic carbocycles. The number of likely N-dealkylation sites (tertiary alicyclic amines) is 1. The quantitative estimate of drug-likeness (QED) is 0.837. The first-order chi connectivity index (χ1) is 10.1. The Hall–Kier alpha value is -1.10. The number of methoxy groups -OCH3 is 1. The first kappa shape index (κ1) is 16.3. The Kier molecular flexibility index (Phi) is 6.03. The van der Waals surface area contributed by atoms with Crippen molar-refractivity contribution in [1.29, 1.82) is 0 Å². The van der Waals surface area contributed by atoms with Crippen LogP contribution in [0.3, 0.4) is 0 Å². The van der Waals surface area contributed by atoms with Gasteiger partial charge in [-0.2, -0.15) is 0 Å². The molecule has 2 rings (SSSR count). The van der Waals surface area contributed by atoms with Crippen molar-refractivity contribution in [2.75, 3.05) is 33.8 Å². The molecule has 1 aliphatic heterocycles. The van der Waals surface area contributed by atoms with Crippen LogP contribution in [0.1, 0.15) is 31.9 Å². The Labute approximate surface area is 128 Å². The number of hydrogen-bond donors (Lipinski definition) is 1. The van der Waals surface area contributed by atoms with Crippen molar-refractivity contribution in [1.82, 2.24) is 10.2 Å². The van der Waals surface area contributed by atoms with Crippen LogP contribution in [0.4, 0.5) is 0 Å². The fraction of sp³-hybridized carbons (Fsp3) is 0.647. The highest BCUT2D eigenvalue weighted by molar-refractivity contribution is 5.29. The van der Waals surface area contributed by atoms with Crippen molar-refractivity contribution in [3.8, 4) is 5.75 Å². The second kappa shape index (κ2) is 7.78. The fourth-order valence-electron chi connectivity index (χ4n) is 2.83. The van der Waals surface area contributed by atoms with Crippen LogP contribution < -0.4 is 10.1 Å². The Bertz CT molecular complexity index is 419. The standard InChI is InChI=1S/C17H28N2O2/c1-13(2)21-15-7-5-14(6-8-15)17(18-3)12-19-10-9-16(11-19)20-4/h5-8,13,16-18H,9-12H2,1-4H3. The van der Waals surface area contributed by atoms with Crippen LogP contribution in [0.5, 0.6) is 5.75 Å². The van der Waals surface area contributed by atoms with Gasteiger partial charge in [-0.05, 0) is 45.0 Å². The minimum atomic E-state index is 0.214. The average Bonchev–Trinajstić information content (AvgIpc) is 2.93. The van der Waals surface area contributed by atoms with E-state index < -0.39 is 0 Å². The molecule has 4 heteroatoms. The van der Waals surface area contributed by atoms with E-state index in [1.165, 1.54) is 5.56 Å². The molecule has 2 unspecified atom stereocenters. The van der Waals surface area contributed by atoms with Crippen molar-refractivity contribution >= 4 is 0 Å². The summed E-state index contributed by atoms with van der Waals surface area (Å²) in [7, 11) is 3.82. The van der Waals surface area contributed by atoms with Gasteiger partial charge in [-0.15, -0.1) is 0 Å². The molecule has 0 radical (unpaired) electrons. The van der Waals surface area contributed by atoms with Gasteiger partial charge < -0.3 is 14.8 Å². The molecular formula is C17H28N2O2. The molecule has 0 saturated carbocycles. The molecule has 2 atom stereocenters. The maximum Gasteiger partial charge on any atom is 0.119 e. The summed E-state index contributed by atoms with van der Waals surface area (Å²) in [6, 6.07) is 8.77. The lowest BCUT2D eigenvalue weighted by molar-refractivity contribution is 0.107. The SMILES string of the molecule is CNC(CN1CCC(OC)C1)c1ccc(OC(C)C)cc1. The first-order valence-electron chi connectivity index (χ1n) is 7.81. The van der Waals surface area contributed by atoms with Crippen molar-refractivity contribution in [3.63, 3.8) is 0 Å². The predicted molar refractivity (Wildman–Crippen MR) is 85.9 cm³/mol. The normalized spacial score (nSPS) is 20.9. The maximum atomic E-state index is 5.70. The number of hydrogen-bond acceptors (Lipinski definition) is 4. The summed E-state index contributed by atoms with van der Waals surface area (Å²) in [5, 5.41) is 3.42. The molecule has 0 aromatic heterocycles. The van der Waals surface area contributed by atoms with E-state index >= 15 is 0 Å². The summed E-state index contributed by atoms with van der Waals surface area (Å²) >= 11 is 0. The zero-order valence-corrected chi connectivity index (χ0v) is 13.6. The molecule has 1 fully saturated rings. The molecule has 0 amide bonds. The van der Waals surface area contributed by atoms with Gasteiger partial charge in [0.05, 0.1) is 12.2 Å². The van der Waals surface area contributed by atoms with Crippen LogP contribution in [0.15, 0.2) is 24.3 Å². The third kappa shape index (κ3) is 4.70. The summed E-state index contributed by atoms with van der Waals surface area (Å²) in [5.74, 6) is 0.934. The van der Waals surface area contributed by atoms with Gasteiger partial charge in [-0.1, -0.05) is 12.1 Å². The Morgan fingerprint density at radius 1 is 1.29 bits per heavy atom. The molecule has 1 heterocycles. The molecule has 118 valence electrons. The summed E-state index contributed by atoms with van der Waals surface area (Å²) in [5.41, 5.74) is 1.30. The zero-order valence-electron chi connectivity index (χ0n) is 13.6. The van der Waals surface area contributed by atoms with Crippen LogP contribution in [0.2, 0.25) is 0 Å². The van der Waals surface area contributed by atoms with Gasteiger partial charge in [0.15, 0.2) is 0 Å². The zero-order chi connectivity index (χ0) is 15.2. The highest BCUT2D eigenvalue weighted by Crippen LogP contribution is 2.21. The maximum absolute atomic E-state index is 5.70. The highest BCUT2D eigenvalue weighted by atomic mass is 16.5. The van der Waals surface area contributed by atoms with E-state index in [4.69, 9.17) is 9.47 Å². The Balaban J connectivity index is 1.94. The van der Waals surface area contributed by atoms with Crippen LogP contribution >= 0.6 is 0 Å². The molecule has 1 aliphatic rings. The number of likely N-dealkylation sites (N-methyl/N-ethyl adjacent to an activating group) is 1. The van der Waals surface area contributed by atoms with Crippen LogP contribution in [0, 0.1) is 0 Å². The van der Waals surface area contributed by atoms with Crippen LogP contribution in [-0.2, 0) is 4.74 Å². The molecule has 0 spiro atoms. The number of nitrogens with one attached hydrogen (secondary N) is 1. The molecular weight excluding hydrogens is 264 g/mol. The first-order valence-corrected chi connectivity index (χ1v) is 7.81. The van der Waals surface area contributed by atoms with E-state index in [-0.39, 0.29) is 6.10 Å². The van der Waals surface area contributed by atoms with Crippen LogP contribution in [-0.4, -0.2) is 50.9 Å². The molecule has 0 aliphatic carbocycles. The van der Waals surface area contributed by atoms with E-state index in [0.717, 1.165) is 31.8 Å². The number of ether oxygens (including phenoxy) is 2. The van der Waals surface area contributed by atoms with Gasteiger partial charge in [-0.3, -0.25) is 4.90 Å². The van der Waals surface area contributed by atoms with E-state index in [2.05, 4.69) is 34.5 Å². The Morgan fingerprint density at radius 2 is 2.00 bits per heavy atom. The average molecular weight is 292 g/mol. The van der Waals surface area contributed by atoms with Crippen molar-refractivity contribution in [2.24, 2.45) is 0 Å². The van der Waals surface area contributed by atoms with Crippen molar-refractivity contribution in [3.05, 3.63) is 29.8 Å². The van der Waals surface area contributed by atoms with Gasteiger partial charge in [0.1, 0.15) is 5.75 Å². The number of nitrogens with zero attached hydrogens (tertiary/aromatic N) is 1. The van der Waals surface area contributed by atoms with Gasteiger partial charge >= 0.3 is 0 Å².